The summed E-state index contributed by atoms with van der Waals surface area (Å²) in [5.74, 6) is -2.42. The number of nitrogens with zero attached hydrogens (tertiary/aromatic N) is 1. The van der Waals surface area contributed by atoms with Crippen LogP contribution in [0.2, 0.25) is 10.0 Å². The number of aliphatic hydroxyl groups excluding tert-OH is 1. The van der Waals surface area contributed by atoms with E-state index in [9.17, 15) is 19.1 Å². The molecule has 0 bridgehead atoms. The minimum Gasteiger partial charge on any atom is -0.503 e. The molecule has 5 nitrogen and oxygen atoms in total. The Morgan fingerprint density at radius 2 is 1.75 bits per heavy atom. The second-order valence-electron chi connectivity index (χ2n) is 7.03. The van der Waals surface area contributed by atoms with Crippen molar-refractivity contribution < 1.29 is 23.8 Å². The molecule has 0 aromatic heterocycles. The maximum atomic E-state index is 14.3. The van der Waals surface area contributed by atoms with Crippen molar-refractivity contribution in [3.05, 3.63) is 105 Å². The lowest BCUT2D eigenvalue weighted by molar-refractivity contribution is -0.117. The molecule has 8 heteroatoms. The van der Waals surface area contributed by atoms with Gasteiger partial charge in [-0.15, -0.1) is 0 Å². The predicted octanol–water partition coefficient (Wildman–Crippen LogP) is 5.92. The number of amides is 1. The first-order chi connectivity index (χ1) is 15.3. The summed E-state index contributed by atoms with van der Waals surface area (Å²) in [7, 11) is 1.45. The van der Waals surface area contributed by atoms with Crippen LogP contribution >= 0.6 is 23.2 Å². The Labute approximate surface area is 193 Å². The Balaban J connectivity index is 1.90. The number of Topliss-reactive ketones (excluding diaryl/α,β-unsaturated/α-hetero) is 1. The van der Waals surface area contributed by atoms with Crippen molar-refractivity contribution in [2.24, 2.45) is 0 Å². The van der Waals surface area contributed by atoms with Gasteiger partial charge in [0.15, 0.2) is 11.5 Å². The van der Waals surface area contributed by atoms with Crippen molar-refractivity contribution >= 4 is 40.6 Å². The number of methoxy groups -OCH3 is 1. The van der Waals surface area contributed by atoms with Gasteiger partial charge in [-0.25, -0.2) is 4.39 Å². The summed E-state index contributed by atoms with van der Waals surface area (Å²) in [6.45, 7) is 0. The third-order valence-corrected chi connectivity index (χ3v) is 5.76. The number of hydrogen-bond acceptors (Lipinski definition) is 4. The van der Waals surface area contributed by atoms with Crippen molar-refractivity contribution in [1.29, 1.82) is 0 Å². The van der Waals surface area contributed by atoms with Gasteiger partial charge in [0.2, 0.25) is 0 Å². The minimum absolute atomic E-state index is 0.110. The van der Waals surface area contributed by atoms with Gasteiger partial charge in [-0.2, -0.15) is 0 Å². The van der Waals surface area contributed by atoms with Gasteiger partial charge < -0.3 is 9.84 Å². The van der Waals surface area contributed by atoms with Gasteiger partial charge in [0.05, 0.1) is 28.8 Å². The number of ether oxygens (including phenoxy) is 1. The Bertz CT molecular complexity index is 1260. The number of hydrogen-bond donors (Lipinski definition) is 1. The van der Waals surface area contributed by atoms with E-state index in [1.807, 2.05) is 0 Å². The SMILES string of the molecule is COc1ccc(N2C(=O)C(O)=C(C(=O)c3ccccc3)C2c2ccc(Cl)c(F)c2)cc1Cl. The van der Waals surface area contributed by atoms with Crippen LogP contribution in [0.1, 0.15) is 22.0 Å². The highest BCUT2D eigenvalue weighted by molar-refractivity contribution is 6.32. The molecule has 0 saturated carbocycles. The molecule has 1 unspecified atom stereocenters. The number of carbonyl (C=O) groups excluding carboxylic acids is 2. The quantitative estimate of drug-likeness (QED) is 0.468. The lowest BCUT2D eigenvalue weighted by Crippen LogP contribution is -2.31. The van der Waals surface area contributed by atoms with Crippen LogP contribution in [0.15, 0.2) is 78.1 Å². The van der Waals surface area contributed by atoms with Crippen LogP contribution < -0.4 is 9.64 Å². The zero-order valence-corrected chi connectivity index (χ0v) is 18.2. The van der Waals surface area contributed by atoms with E-state index in [4.69, 9.17) is 27.9 Å². The van der Waals surface area contributed by atoms with Crippen LogP contribution in [0.4, 0.5) is 10.1 Å². The van der Waals surface area contributed by atoms with E-state index in [-0.39, 0.29) is 26.7 Å². The molecule has 1 aliphatic rings. The summed E-state index contributed by atoms with van der Waals surface area (Å²) < 4.78 is 19.5. The highest BCUT2D eigenvalue weighted by atomic mass is 35.5. The molecule has 4 rings (SSSR count). The highest BCUT2D eigenvalue weighted by Gasteiger charge is 2.45. The first-order valence-electron chi connectivity index (χ1n) is 9.48. The van der Waals surface area contributed by atoms with E-state index in [0.29, 0.717) is 11.4 Å². The number of ketones is 1. The van der Waals surface area contributed by atoms with Gasteiger partial charge in [0.25, 0.3) is 5.91 Å². The van der Waals surface area contributed by atoms with Crippen LogP contribution in [0.3, 0.4) is 0 Å². The summed E-state index contributed by atoms with van der Waals surface area (Å²) >= 11 is 12.1. The fourth-order valence-corrected chi connectivity index (χ4v) is 4.02. The molecule has 3 aromatic carbocycles. The van der Waals surface area contributed by atoms with Crippen molar-refractivity contribution in [3.8, 4) is 5.75 Å². The zero-order valence-electron chi connectivity index (χ0n) is 16.7. The molecule has 1 heterocycles. The smallest absolute Gasteiger partial charge is 0.294 e. The number of anilines is 1. The number of benzene rings is 3. The van der Waals surface area contributed by atoms with Crippen LogP contribution in [0, 0.1) is 5.82 Å². The van der Waals surface area contributed by atoms with E-state index in [2.05, 4.69) is 0 Å². The molecule has 0 fully saturated rings. The summed E-state index contributed by atoms with van der Waals surface area (Å²) in [5, 5.41) is 10.9. The first kappa shape index (κ1) is 21.9. The summed E-state index contributed by atoms with van der Waals surface area (Å²) in [4.78, 5) is 27.6. The van der Waals surface area contributed by atoms with E-state index in [0.717, 1.165) is 6.07 Å². The number of carbonyl (C=O) groups is 2. The second-order valence-corrected chi connectivity index (χ2v) is 7.84. The molecule has 1 atom stereocenters. The maximum absolute atomic E-state index is 14.3. The van der Waals surface area contributed by atoms with E-state index < -0.39 is 29.3 Å². The van der Waals surface area contributed by atoms with Gasteiger partial charge >= 0.3 is 0 Å². The lowest BCUT2D eigenvalue weighted by atomic mass is 9.92. The fourth-order valence-electron chi connectivity index (χ4n) is 3.65. The van der Waals surface area contributed by atoms with Gasteiger partial charge in [-0.1, -0.05) is 59.6 Å². The Morgan fingerprint density at radius 3 is 2.38 bits per heavy atom. The molecule has 1 aliphatic heterocycles. The maximum Gasteiger partial charge on any atom is 0.294 e. The standard InChI is InChI=1S/C24H16Cl2FNO4/c1-32-19-10-8-15(12-17(19)26)28-21(14-7-9-16(25)18(27)11-14)20(23(30)24(28)31)22(29)13-5-3-2-4-6-13/h2-12,21,30H,1H3. The van der Waals surface area contributed by atoms with Crippen LogP contribution in [0.25, 0.3) is 0 Å². The fraction of sp³-hybridized carbons (Fsp3) is 0.0833. The molecule has 1 amide bonds. The van der Waals surface area contributed by atoms with Crippen LogP contribution in [-0.4, -0.2) is 23.9 Å². The number of halogens is 3. The molecule has 32 heavy (non-hydrogen) atoms. The summed E-state index contributed by atoms with van der Waals surface area (Å²) in [5.41, 5.74) is 0.657. The largest absolute Gasteiger partial charge is 0.503 e. The molecular weight excluding hydrogens is 456 g/mol. The molecule has 162 valence electrons. The van der Waals surface area contributed by atoms with Crippen LogP contribution in [0.5, 0.6) is 5.75 Å². The number of rotatable bonds is 5. The lowest BCUT2D eigenvalue weighted by Gasteiger charge is -2.27. The monoisotopic (exact) mass is 471 g/mol. The summed E-state index contributed by atoms with van der Waals surface area (Å²) in [6.07, 6.45) is 0. The van der Waals surface area contributed by atoms with E-state index >= 15 is 0 Å². The van der Waals surface area contributed by atoms with E-state index in [1.165, 1.54) is 30.2 Å². The third kappa shape index (κ3) is 3.72. The summed E-state index contributed by atoms with van der Waals surface area (Å²) in [6, 6.07) is 15.7. The molecule has 0 radical (unpaired) electrons. The topological polar surface area (TPSA) is 66.8 Å². The minimum atomic E-state index is -1.11. The molecule has 0 saturated heterocycles. The third-order valence-electron chi connectivity index (χ3n) is 5.16. The van der Waals surface area contributed by atoms with Gasteiger partial charge in [-0.05, 0) is 35.9 Å². The Kier molecular flexibility index (Phi) is 5.91. The van der Waals surface area contributed by atoms with Gasteiger partial charge in [0.1, 0.15) is 11.6 Å². The van der Waals surface area contributed by atoms with Crippen molar-refractivity contribution in [1.82, 2.24) is 0 Å². The van der Waals surface area contributed by atoms with Gasteiger partial charge in [-0.3, -0.25) is 14.5 Å². The van der Waals surface area contributed by atoms with Crippen molar-refractivity contribution in [2.45, 2.75) is 6.04 Å². The second kappa shape index (κ2) is 8.65. The van der Waals surface area contributed by atoms with Crippen molar-refractivity contribution in [3.63, 3.8) is 0 Å². The molecule has 0 spiro atoms. The highest BCUT2D eigenvalue weighted by Crippen LogP contribution is 2.43. The van der Waals surface area contributed by atoms with Crippen molar-refractivity contribution in [2.75, 3.05) is 12.0 Å². The molecule has 3 aromatic rings. The Hall–Kier alpha value is -3.35. The average Bonchev–Trinajstić information content (AvgIpc) is 3.06. The van der Waals surface area contributed by atoms with Crippen LogP contribution in [-0.2, 0) is 4.79 Å². The Morgan fingerprint density at radius 1 is 1.03 bits per heavy atom. The average molecular weight is 472 g/mol. The molecular formula is C24H16Cl2FNO4. The predicted molar refractivity (Wildman–Crippen MR) is 120 cm³/mol. The van der Waals surface area contributed by atoms with E-state index in [1.54, 1.807) is 42.5 Å². The molecule has 1 N–H and O–H groups in total. The first-order valence-corrected chi connectivity index (χ1v) is 10.2. The number of aliphatic hydroxyl groups is 1. The molecule has 0 aliphatic carbocycles. The van der Waals surface area contributed by atoms with Gasteiger partial charge in [0, 0.05) is 11.3 Å². The normalized spacial score (nSPS) is 15.9. The zero-order chi connectivity index (χ0) is 23.0.